The van der Waals surface area contributed by atoms with Crippen LogP contribution < -0.4 is 0 Å². The summed E-state index contributed by atoms with van der Waals surface area (Å²) in [6.07, 6.45) is 0. The van der Waals surface area contributed by atoms with E-state index in [4.69, 9.17) is 4.74 Å². The first-order valence-electron chi connectivity index (χ1n) is 4.48. The number of phenolic OH excluding ortho intramolecular Hbond substituents is 1. The summed E-state index contributed by atoms with van der Waals surface area (Å²) < 4.78 is 7.11. The van der Waals surface area contributed by atoms with E-state index in [0.717, 1.165) is 16.6 Å². The van der Waals surface area contributed by atoms with Gasteiger partial charge in [0.05, 0.1) is 12.1 Å². The van der Waals surface area contributed by atoms with Gasteiger partial charge in [-0.15, -0.1) is 0 Å². The predicted octanol–water partition coefficient (Wildman–Crippen LogP) is 2.03. The van der Waals surface area contributed by atoms with Crippen molar-refractivity contribution in [3.05, 3.63) is 30.0 Å². The van der Waals surface area contributed by atoms with E-state index in [9.17, 15) is 5.11 Å². The Balaban J connectivity index is 2.62. The summed E-state index contributed by atoms with van der Waals surface area (Å²) in [4.78, 5) is 0. The third-order valence-electron chi connectivity index (χ3n) is 2.42. The Hall–Kier alpha value is -1.48. The molecule has 0 atom stereocenters. The summed E-state index contributed by atoms with van der Waals surface area (Å²) in [7, 11) is 3.64. The lowest BCUT2D eigenvalue weighted by atomic mass is 10.2. The Morgan fingerprint density at radius 2 is 2.14 bits per heavy atom. The molecule has 0 fully saturated rings. The Labute approximate surface area is 82.5 Å². The Morgan fingerprint density at radius 1 is 1.36 bits per heavy atom. The Bertz CT molecular complexity index is 460. The van der Waals surface area contributed by atoms with Crippen molar-refractivity contribution < 1.29 is 9.84 Å². The lowest BCUT2D eigenvalue weighted by molar-refractivity contribution is 0.179. The first-order chi connectivity index (χ1) is 6.72. The minimum atomic E-state index is 0.294. The van der Waals surface area contributed by atoms with Crippen molar-refractivity contribution >= 4 is 10.9 Å². The molecule has 0 saturated carbocycles. The van der Waals surface area contributed by atoms with Crippen LogP contribution >= 0.6 is 0 Å². The molecular formula is C11H13NO2. The number of ether oxygens (including phenoxy) is 1. The fraction of sp³-hybridized carbons (Fsp3) is 0.273. The molecule has 0 spiro atoms. The van der Waals surface area contributed by atoms with E-state index in [1.807, 2.05) is 17.7 Å². The molecule has 0 aliphatic heterocycles. The fourth-order valence-electron chi connectivity index (χ4n) is 1.66. The van der Waals surface area contributed by atoms with Crippen LogP contribution in [-0.4, -0.2) is 16.8 Å². The average molecular weight is 191 g/mol. The van der Waals surface area contributed by atoms with Gasteiger partial charge >= 0.3 is 0 Å². The summed E-state index contributed by atoms with van der Waals surface area (Å²) in [6, 6.07) is 7.43. The van der Waals surface area contributed by atoms with E-state index in [1.165, 1.54) is 0 Å². The first-order valence-corrected chi connectivity index (χ1v) is 4.48. The van der Waals surface area contributed by atoms with Crippen LogP contribution in [0, 0.1) is 0 Å². The zero-order chi connectivity index (χ0) is 10.1. The Morgan fingerprint density at radius 3 is 2.86 bits per heavy atom. The number of benzene rings is 1. The average Bonchev–Trinajstić information content (AvgIpc) is 2.46. The molecule has 1 aromatic heterocycles. The molecule has 1 N–H and O–H groups in total. The van der Waals surface area contributed by atoms with Gasteiger partial charge in [0, 0.05) is 31.3 Å². The van der Waals surface area contributed by atoms with Crippen LogP contribution in [0.25, 0.3) is 10.9 Å². The molecule has 0 aliphatic carbocycles. The number of phenols is 1. The van der Waals surface area contributed by atoms with Gasteiger partial charge in [0.25, 0.3) is 0 Å². The van der Waals surface area contributed by atoms with Crippen molar-refractivity contribution in [2.24, 2.45) is 7.05 Å². The zero-order valence-corrected chi connectivity index (χ0v) is 8.32. The van der Waals surface area contributed by atoms with Crippen molar-refractivity contribution in [1.82, 2.24) is 4.57 Å². The standard InChI is InChI=1S/C11H13NO2/c1-12-9(7-14-2)5-8-3-4-10(13)6-11(8)12/h3-6,13H,7H2,1-2H3. The lowest BCUT2D eigenvalue weighted by Gasteiger charge is -2.02. The van der Waals surface area contributed by atoms with Crippen LogP contribution in [0.1, 0.15) is 5.69 Å². The molecule has 1 aromatic carbocycles. The number of fused-ring (bicyclic) bond motifs is 1. The van der Waals surface area contributed by atoms with Crippen LogP contribution in [0.15, 0.2) is 24.3 Å². The number of hydrogen-bond donors (Lipinski definition) is 1. The summed E-state index contributed by atoms with van der Waals surface area (Å²) in [5, 5.41) is 10.5. The molecule has 0 radical (unpaired) electrons. The minimum absolute atomic E-state index is 0.294. The van der Waals surface area contributed by atoms with Gasteiger partial charge in [0.15, 0.2) is 0 Å². The predicted molar refractivity (Wildman–Crippen MR) is 55.3 cm³/mol. The van der Waals surface area contributed by atoms with Crippen molar-refractivity contribution in [2.45, 2.75) is 6.61 Å². The number of nitrogens with zero attached hydrogens (tertiary/aromatic N) is 1. The highest BCUT2D eigenvalue weighted by Gasteiger charge is 2.05. The molecule has 14 heavy (non-hydrogen) atoms. The number of aryl methyl sites for hydroxylation is 1. The summed E-state index contributed by atoms with van der Waals surface area (Å²) in [5.41, 5.74) is 2.13. The normalized spacial score (nSPS) is 11.0. The lowest BCUT2D eigenvalue weighted by Crippen LogP contribution is -1.96. The van der Waals surface area contributed by atoms with Gasteiger partial charge < -0.3 is 14.4 Å². The van der Waals surface area contributed by atoms with Crippen molar-refractivity contribution in [2.75, 3.05) is 7.11 Å². The maximum Gasteiger partial charge on any atom is 0.117 e. The molecule has 0 aliphatic rings. The van der Waals surface area contributed by atoms with Crippen molar-refractivity contribution in [3.8, 4) is 5.75 Å². The maximum absolute atomic E-state index is 9.35. The maximum atomic E-state index is 9.35. The molecule has 2 rings (SSSR count). The molecule has 3 heteroatoms. The molecule has 0 bridgehead atoms. The molecule has 3 nitrogen and oxygen atoms in total. The van der Waals surface area contributed by atoms with E-state index < -0.39 is 0 Å². The highest BCUT2D eigenvalue weighted by atomic mass is 16.5. The summed E-state index contributed by atoms with van der Waals surface area (Å²) in [6.45, 7) is 0.589. The van der Waals surface area contributed by atoms with Crippen LogP contribution in [0.5, 0.6) is 5.75 Å². The minimum Gasteiger partial charge on any atom is -0.508 e. The van der Waals surface area contributed by atoms with Crippen LogP contribution in [0.4, 0.5) is 0 Å². The molecule has 2 aromatic rings. The second kappa shape index (κ2) is 3.35. The fourth-order valence-corrected chi connectivity index (χ4v) is 1.66. The topological polar surface area (TPSA) is 34.4 Å². The largest absolute Gasteiger partial charge is 0.508 e. The number of aromatic nitrogens is 1. The van der Waals surface area contributed by atoms with Gasteiger partial charge in [-0.05, 0) is 18.2 Å². The molecule has 0 amide bonds. The van der Waals surface area contributed by atoms with E-state index in [2.05, 4.69) is 6.07 Å². The monoisotopic (exact) mass is 191 g/mol. The number of hydrogen-bond acceptors (Lipinski definition) is 2. The SMILES string of the molecule is COCc1cc2ccc(O)cc2n1C. The molecular weight excluding hydrogens is 178 g/mol. The second-order valence-electron chi connectivity index (χ2n) is 3.37. The number of aromatic hydroxyl groups is 1. The quantitative estimate of drug-likeness (QED) is 0.788. The third kappa shape index (κ3) is 1.36. The first kappa shape index (κ1) is 9.09. The van der Waals surface area contributed by atoms with Gasteiger partial charge in [-0.3, -0.25) is 0 Å². The van der Waals surface area contributed by atoms with E-state index in [-0.39, 0.29) is 0 Å². The van der Waals surface area contributed by atoms with E-state index >= 15 is 0 Å². The molecule has 74 valence electrons. The molecule has 1 heterocycles. The van der Waals surface area contributed by atoms with Gasteiger partial charge in [0.1, 0.15) is 5.75 Å². The van der Waals surface area contributed by atoms with Gasteiger partial charge in [-0.25, -0.2) is 0 Å². The van der Waals surface area contributed by atoms with Crippen molar-refractivity contribution in [3.63, 3.8) is 0 Å². The highest BCUT2D eigenvalue weighted by molar-refractivity contribution is 5.82. The Kier molecular flexibility index (Phi) is 2.17. The van der Waals surface area contributed by atoms with Crippen molar-refractivity contribution in [1.29, 1.82) is 0 Å². The smallest absolute Gasteiger partial charge is 0.117 e. The van der Waals surface area contributed by atoms with Gasteiger partial charge in [0.2, 0.25) is 0 Å². The van der Waals surface area contributed by atoms with E-state index in [1.54, 1.807) is 19.2 Å². The van der Waals surface area contributed by atoms with Crippen LogP contribution in [0.2, 0.25) is 0 Å². The second-order valence-corrected chi connectivity index (χ2v) is 3.37. The number of methoxy groups -OCH3 is 1. The summed E-state index contributed by atoms with van der Waals surface area (Å²) >= 11 is 0. The summed E-state index contributed by atoms with van der Waals surface area (Å²) in [5.74, 6) is 0.294. The highest BCUT2D eigenvalue weighted by Crippen LogP contribution is 2.23. The zero-order valence-electron chi connectivity index (χ0n) is 8.32. The van der Waals surface area contributed by atoms with Crippen LogP contribution in [-0.2, 0) is 18.4 Å². The third-order valence-corrected chi connectivity index (χ3v) is 2.42. The van der Waals surface area contributed by atoms with E-state index in [0.29, 0.717) is 12.4 Å². The van der Waals surface area contributed by atoms with Crippen LogP contribution in [0.3, 0.4) is 0 Å². The molecule has 0 saturated heterocycles. The van der Waals surface area contributed by atoms with Gasteiger partial charge in [-0.2, -0.15) is 0 Å². The van der Waals surface area contributed by atoms with Gasteiger partial charge in [-0.1, -0.05) is 0 Å². The number of rotatable bonds is 2. The molecule has 0 unspecified atom stereocenters.